The summed E-state index contributed by atoms with van der Waals surface area (Å²) < 4.78 is 6.75. The SMILES string of the molecule is CCC(C)C1CCC2C3=CC=C4C[C@@H](OC(C)(C)C(C)(C)C)CC[C@]4(C)C3CC[C@@]21C. The lowest BCUT2D eigenvalue weighted by Crippen LogP contribution is -2.48. The summed E-state index contributed by atoms with van der Waals surface area (Å²) in [5.74, 6) is 3.40. The van der Waals surface area contributed by atoms with Crippen molar-refractivity contribution < 1.29 is 4.74 Å². The third kappa shape index (κ3) is 3.70. The first-order valence-electron chi connectivity index (χ1n) is 13.4. The molecule has 0 N–H and O–H groups in total. The first kappa shape index (κ1) is 23.6. The fourth-order valence-electron chi connectivity index (χ4n) is 7.92. The van der Waals surface area contributed by atoms with E-state index in [1.54, 1.807) is 5.57 Å². The highest BCUT2D eigenvalue weighted by atomic mass is 16.5. The molecule has 4 aliphatic rings. The van der Waals surface area contributed by atoms with E-state index in [0.29, 0.717) is 16.9 Å². The molecule has 0 aromatic rings. The maximum absolute atomic E-state index is 6.75. The molecule has 3 fully saturated rings. The minimum atomic E-state index is -0.0941. The van der Waals surface area contributed by atoms with Crippen molar-refractivity contribution in [2.24, 2.45) is 39.9 Å². The second-order valence-corrected chi connectivity index (χ2v) is 13.7. The number of allylic oxidation sites excluding steroid dienone is 3. The highest BCUT2D eigenvalue weighted by Crippen LogP contribution is 2.66. The summed E-state index contributed by atoms with van der Waals surface area (Å²) in [6, 6.07) is 0. The van der Waals surface area contributed by atoms with Crippen LogP contribution in [-0.2, 0) is 4.74 Å². The van der Waals surface area contributed by atoms with E-state index >= 15 is 0 Å². The molecule has 1 heteroatoms. The summed E-state index contributed by atoms with van der Waals surface area (Å²) in [5.41, 5.74) is 4.48. The van der Waals surface area contributed by atoms with Gasteiger partial charge in [0.25, 0.3) is 0 Å². The van der Waals surface area contributed by atoms with E-state index in [1.165, 1.54) is 44.9 Å². The molecule has 0 aromatic heterocycles. The average molecular weight is 427 g/mol. The van der Waals surface area contributed by atoms with Crippen molar-refractivity contribution in [2.75, 3.05) is 0 Å². The van der Waals surface area contributed by atoms with Crippen LogP contribution in [0.2, 0.25) is 0 Å². The zero-order valence-electron chi connectivity index (χ0n) is 22.1. The van der Waals surface area contributed by atoms with E-state index in [4.69, 9.17) is 4.74 Å². The van der Waals surface area contributed by atoms with Crippen LogP contribution in [-0.4, -0.2) is 11.7 Å². The fraction of sp³-hybridized carbons (Fsp3) is 0.867. The van der Waals surface area contributed by atoms with Gasteiger partial charge in [-0.05, 0) is 98.7 Å². The maximum Gasteiger partial charge on any atom is 0.0678 e. The van der Waals surface area contributed by atoms with Gasteiger partial charge in [0.15, 0.2) is 0 Å². The molecule has 0 radical (unpaired) electrons. The summed E-state index contributed by atoms with van der Waals surface area (Å²) >= 11 is 0. The highest BCUT2D eigenvalue weighted by molar-refractivity contribution is 5.39. The Labute approximate surface area is 193 Å². The van der Waals surface area contributed by atoms with Gasteiger partial charge >= 0.3 is 0 Å². The van der Waals surface area contributed by atoms with Crippen molar-refractivity contribution in [3.8, 4) is 0 Å². The quantitative estimate of drug-likeness (QED) is 0.436. The molecule has 1 nitrogen and oxygen atoms in total. The number of ether oxygens (including phenoxy) is 1. The Kier molecular flexibility index (Phi) is 5.90. The topological polar surface area (TPSA) is 9.23 Å². The van der Waals surface area contributed by atoms with E-state index < -0.39 is 0 Å². The number of hydrogen-bond acceptors (Lipinski definition) is 1. The lowest BCUT2D eigenvalue weighted by atomic mass is 9.50. The Morgan fingerprint density at radius 3 is 2.32 bits per heavy atom. The van der Waals surface area contributed by atoms with Crippen LogP contribution in [0.1, 0.15) is 114 Å². The van der Waals surface area contributed by atoms with Crippen molar-refractivity contribution >= 4 is 0 Å². The van der Waals surface area contributed by atoms with E-state index in [-0.39, 0.29) is 11.0 Å². The first-order valence-corrected chi connectivity index (χ1v) is 13.4. The third-order valence-corrected chi connectivity index (χ3v) is 11.2. The summed E-state index contributed by atoms with van der Waals surface area (Å²) in [7, 11) is 0. The molecule has 31 heavy (non-hydrogen) atoms. The highest BCUT2D eigenvalue weighted by Gasteiger charge is 2.57. The van der Waals surface area contributed by atoms with Crippen LogP contribution >= 0.6 is 0 Å². The van der Waals surface area contributed by atoms with Crippen molar-refractivity contribution in [2.45, 2.75) is 125 Å². The van der Waals surface area contributed by atoms with Gasteiger partial charge in [-0.3, -0.25) is 0 Å². The summed E-state index contributed by atoms with van der Waals surface area (Å²) in [5, 5.41) is 0. The molecule has 3 saturated carbocycles. The molecule has 0 saturated heterocycles. The van der Waals surface area contributed by atoms with E-state index in [1.807, 2.05) is 5.57 Å². The Bertz CT molecular complexity index is 749. The molecule has 0 spiro atoms. The molecule has 0 aromatic carbocycles. The number of hydrogen-bond donors (Lipinski definition) is 0. The third-order valence-electron chi connectivity index (χ3n) is 11.2. The van der Waals surface area contributed by atoms with Crippen LogP contribution in [0.15, 0.2) is 23.3 Å². The molecule has 176 valence electrons. The maximum atomic E-state index is 6.75. The second-order valence-electron chi connectivity index (χ2n) is 13.7. The zero-order valence-corrected chi connectivity index (χ0v) is 22.1. The lowest BCUT2D eigenvalue weighted by Gasteiger charge is -2.56. The Balaban J connectivity index is 1.57. The summed E-state index contributed by atoms with van der Waals surface area (Å²) in [6.45, 7) is 21.6. The molecule has 0 heterocycles. The van der Waals surface area contributed by atoms with E-state index in [0.717, 1.165) is 30.1 Å². The van der Waals surface area contributed by atoms with Crippen LogP contribution in [0.3, 0.4) is 0 Å². The molecule has 4 rings (SSSR count). The van der Waals surface area contributed by atoms with Gasteiger partial charge in [-0.2, -0.15) is 0 Å². The predicted octanol–water partition coefficient (Wildman–Crippen LogP) is 8.74. The molecular weight excluding hydrogens is 376 g/mol. The van der Waals surface area contributed by atoms with Crippen LogP contribution in [0, 0.1) is 39.9 Å². The van der Waals surface area contributed by atoms with Crippen molar-refractivity contribution in [3.05, 3.63) is 23.3 Å². The zero-order chi connectivity index (χ0) is 22.8. The Hall–Kier alpha value is -0.560. The van der Waals surface area contributed by atoms with Crippen molar-refractivity contribution in [1.29, 1.82) is 0 Å². The van der Waals surface area contributed by atoms with Crippen molar-refractivity contribution in [1.82, 2.24) is 0 Å². The van der Waals surface area contributed by atoms with Gasteiger partial charge in [0.05, 0.1) is 11.7 Å². The van der Waals surface area contributed by atoms with E-state index in [9.17, 15) is 0 Å². The monoisotopic (exact) mass is 426 g/mol. The first-order chi connectivity index (χ1) is 14.3. The van der Waals surface area contributed by atoms with Gasteiger partial charge in [0, 0.05) is 0 Å². The number of rotatable bonds is 4. The molecular formula is C30H50O. The molecule has 0 bridgehead atoms. The van der Waals surface area contributed by atoms with Gasteiger partial charge < -0.3 is 4.74 Å². The lowest BCUT2D eigenvalue weighted by molar-refractivity contribution is -0.141. The smallest absolute Gasteiger partial charge is 0.0678 e. The number of fused-ring (bicyclic) bond motifs is 5. The standard InChI is InChI=1S/C30H50O/c1-10-20(2)24-13-14-25-23-12-11-21-19-22(31-28(6,7)27(3,4)5)15-17-29(21,8)26(23)16-18-30(24,25)9/h11-12,20,22,24-26H,10,13-19H2,1-9H3/t20?,22-,24?,25?,26?,29-,30+/m0/s1. The fourth-order valence-corrected chi connectivity index (χ4v) is 7.92. The normalized spacial score (nSPS) is 41.6. The average Bonchev–Trinajstić information content (AvgIpc) is 3.04. The Morgan fingerprint density at radius 1 is 0.968 bits per heavy atom. The molecule has 4 unspecified atom stereocenters. The predicted molar refractivity (Wildman–Crippen MR) is 133 cm³/mol. The minimum Gasteiger partial charge on any atom is -0.371 e. The van der Waals surface area contributed by atoms with Gasteiger partial charge in [-0.25, -0.2) is 0 Å². The van der Waals surface area contributed by atoms with Crippen molar-refractivity contribution in [3.63, 3.8) is 0 Å². The summed E-state index contributed by atoms with van der Waals surface area (Å²) in [4.78, 5) is 0. The largest absolute Gasteiger partial charge is 0.371 e. The van der Waals surface area contributed by atoms with Gasteiger partial charge in [0.1, 0.15) is 0 Å². The second kappa shape index (κ2) is 7.75. The van der Waals surface area contributed by atoms with Crippen LogP contribution in [0.5, 0.6) is 0 Å². The Morgan fingerprint density at radius 2 is 1.68 bits per heavy atom. The van der Waals surface area contributed by atoms with Gasteiger partial charge in [-0.15, -0.1) is 0 Å². The van der Waals surface area contributed by atoms with Crippen LogP contribution < -0.4 is 0 Å². The van der Waals surface area contributed by atoms with Gasteiger partial charge in [0.2, 0.25) is 0 Å². The van der Waals surface area contributed by atoms with Gasteiger partial charge in [-0.1, -0.05) is 78.2 Å². The molecule has 0 amide bonds. The van der Waals surface area contributed by atoms with Crippen LogP contribution in [0.25, 0.3) is 0 Å². The van der Waals surface area contributed by atoms with Crippen LogP contribution in [0.4, 0.5) is 0 Å². The van der Waals surface area contributed by atoms with E-state index in [2.05, 4.69) is 74.5 Å². The molecule has 0 aliphatic heterocycles. The minimum absolute atomic E-state index is 0.0941. The molecule has 7 atom stereocenters. The summed E-state index contributed by atoms with van der Waals surface area (Å²) in [6.07, 6.45) is 16.2. The molecule has 4 aliphatic carbocycles.